The molecule has 3 aromatic heterocycles. The third-order valence-corrected chi connectivity index (χ3v) is 5.87. The number of rotatable bonds is 6. The average molecular weight is 457 g/mol. The maximum atomic E-state index is 13.1. The number of pyridine rings is 1. The summed E-state index contributed by atoms with van der Waals surface area (Å²) < 4.78 is 31.4. The van der Waals surface area contributed by atoms with E-state index in [0.717, 1.165) is 16.9 Å². The predicted octanol–water partition coefficient (Wildman–Crippen LogP) is 4.29. The number of carbonyl (C=O) groups excluding carboxylic acids is 2. The van der Waals surface area contributed by atoms with Crippen molar-refractivity contribution in [2.45, 2.75) is 13.3 Å². The van der Waals surface area contributed by atoms with Gasteiger partial charge in [0.15, 0.2) is 0 Å². The van der Waals surface area contributed by atoms with Gasteiger partial charge in [-0.2, -0.15) is 5.10 Å². The molecule has 2 amide bonds. The van der Waals surface area contributed by atoms with Crippen molar-refractivity contribution in [1.82, 2.24) is 15.2 Å². The summed E-state index contributed by atoms with van der Waals surface area (Å²) in [7, 11) is 1.56. The van der Waals surface area contributed by atoms with Crippen molar-refractivity contribution in [2.24, 2.45) is 5.73 Å². The first-order chi connectivity index (χ1) is 15.3. The van der Waals surface area contributed by atoms with E-state index in [9.17, 15) is 18.4 Å². The summed E-state index contributed by atoms with van der Waals surface area (Å²) in [6.45, 7) is 1.60. The standard InChI is InChI=1S/C21H17F2N5O3S/c1-9-7-13(18(22)23)25-21-15(9)16(17(32-21)19(24)29)26-20(30)14-8-12(27-28-14)10-3-5-11(31-2)6-4-10/h3-8,18H,1-2H3,(H2,24,29)(H,26,30)(H,27,28). The van der Waals surface area contributed by atoms with Crippen LogP contribution in [0.2, 0.25) is 0 Å². The number of hydrogen-bond donors (Lipinski definition) is 3. The second kappa shape index (κ2) is 8.35. The van der Waals surface area contributed by atoms with Crippen LogP contribution in [0.4, 0.5) is 14.5 Å². The number of aromatic amines is 1. The number of anilines is 1. The van der Waals surface area contributed by atoms with Crippen molar-refractivity contribution in [3.63, 3.8) is 0 Å². The Morgan fingerprint density at radius 1 is 1.22 bits per heavy atom. The van der Waals surface area contributed by atoms with Gasteiger partial charge in [0.05, 0.1) is 18.5 Å². The molecule has 4 aromatic rings. The van der Waals surface area contributed by atoms with Gasteiger partial charge >= 0.3 is 0 Å². The highest BCUT2D eigenvalue weighted by Gasteiger charge is 2.24. The summed E-state index contributed by atoms with van der Waals surface area (Å²) in [4.78, 5) is 29.0. The minimum Gasteiger partial charge on any atom is -0.497 e. The number of H-pyrrole nitrogens is 1. The highest BCUT2D eigenvalue weighted by Crippen LogP contribution is 2.38. The second-order valence-electron chi connectivity index (χ2n) is 6.86. The number of nitrogens with one attached hydrogen (secondary N) is 2. The monoisotopic (exact) mass is 457 g/mol. The molecule has 164 valence electrons. The van der Waals surface area contributed by atoms with E-state index in [1.165, 1.54) is 6.07 Å². The molecule has 0 fully saturated rings. The van der Waals surface area contributed by atoms with Crippen LogP contribution in [0.5, 0.6) is 5.75 Å². The predicted molar refractivity (Wildman–Crippen MR) is 116 cm³/mol. The van der Waals surface area contributed by atoms with Gasteiger partial charge in [0, 0.05) is 10.9 Å². The van der Waals surface area contributed by atoms with Crippen LogP contribution in [-0.4, -0.2) is 34.1 Å². The summed E-state index contributed by atoms with van der Waals surface area (Å²) in [6.07, 6.45) is -2.77. The van der Waals surface area contributed by atoms with E-state index in [-0.39, 0.29) is 21.1 Å². The van der Waals surface area contributed by atoms with Crippen LogP contribution in [0.15, 0.2) is 36.4 Å². The lowest BCUT2D eigenvalue weighted by Gasteiger charge is -2.07. The molecule has 1 aromatic carbocycles. The molecule has 4 N–H and O–H groups in total. The van der Waals surface area contributed by atoms with E-state index in [1.54, 1.807) is 44.4 Å². The number of alkyl halides is 2. The Morgan fingerprint density at radius 2 is 1.94 bits per heavy atom. The van der Waals surface area contributed by atoms with Gasteiger partial charge in [-0.05, 0) is 48.9 Å². The number of halogens is 2. The molecule has 11 heteroatoms. The minimum atomic E-state index is -2.77. The number of carbonyl (C=O) groups is 2. The Balaban J connectivity index is 1.68. The molecular weight excluding hydrogens is 440 g/mol. The molecule has 8 nitrogen and oxygen atoms in total. The van der Waals surface area contributed by atoms with Gasteiger partial charge in [-0.15, -0.1) is 11.3 Å². The van der Waals surface area contributed by atoms with Gasteiger partial charge in [0.1, 0.15) is 26.8 Å². The summed E-state index contributed by atoms with van der Waals surface area (Å²) in [5.41, 5.74) is 7.05. The SMILES string of the molecule is COc1ccc(-c2cc(C(=O)Nc3c(C(N)=O)sc4nc(C(F)F)cc(C)c34)[nH]n2)cc1. The fraction of sp³-hybridized carbons (Fsp3) is 0.143. The van der Waals surface area contributed by atoms with Crippen molar-refractivity contribution >= 4 is 39.1 Å². The number of aryl methyl sites for hydroxylation is 1. The highest BCUT2D eigenvalue weighted by molar-refractivity contribution is 7.21. The van der Waals surface area contributed by atoms with Crippen LogP contribution >= 0.6 is 11.3 Å². The average Bonchev–Trinajstić information content (AvgIpc) is 3.39. The van der Waals surface area contributed by atoms with E-state index in [0.29, 0.717) is 22.4 Å². The first-order valence-electron chi connectivity index (χ1n) is 9.31. The van der Waals surface area contributed by atoms with Crippen molar-refractivity contribution in [2.75, 3.05) is 12.4 Å². The van der Waals surface area contributed by atoms with Gasteiger partial charge in [-0.25, -0.2) is 13.8 Å². The lowest BCUT2D eigenvalue weighted by molar-refractivity contribution is 0.100. The molecule has 0 aliphatic heterocycles. The lowest BCUT2D eigenvalue weighted by Crippen LogP contribution is -2.17. The van der Waals surface area contributed by atoms with E-state index < -0.39 is 23.9 Å². The molecule has 0 bridgehead atoms. The normalized spacial score (nSPS) is 11.2. The Labute approximate surface area is 184 Å². The van der Waals surface area contributed by atoms with Gasteiger partial charge in [-0.1, -0.05) is 0 Å². The van der Waals surface area contributed by atoms with Crippen LogP contribution in [0.1, 0.15) is 37.8 Å². The van der Waals surface area contributed by atoms with Crippen LogP contribution in [0.3, 0.4) is 0 Å². The first-order valence-corrected chi connectivity index (χ1v) is 10.1. The fourth-order valence-electron chi connectivity index (χ4n) is 3.24. The maximum absolute atomic E-state index is 13.1. The largest absolute Gasteiger partial charge is 0.497 e. The molecule has 0 unspecified atom stereocenters. The Morgan fingerprint density at radius 3 is 2.56 bits per heavy atom. The highest BCUT2D eigenvalue weighted by atomic mass is 32.1. The van der Waals surface area contributed by atoms with Crippen LogP contribution in [0, 0.1) is 6.92 Å². The molecule has 0 aliphatic carbocycles. The number of amides is 2. The Hall–Kier alpha value is -3.86. The molecule has 0 saturated heterocycles. The molecular formula is C21H17F2N5O3S. The van der Waals surface area contributed by atoms with Gasteiger partial charge < -0.3 is 15.8 Å². The van der Waals surface area contributed by atoms with Crippen molar-refractivity contribution < 1.29 is 23.1 Å². The summed E-state index contributed by atoms with van der Waals surface area (Å²) >= 11 is 0.849. The van der Waals surface area contributed by atoms with Crippen LogP contribution in [0.25, 0.3) is 21.5 Å². The number of thiophene rings is 1. The third-order valence-electron chi connectivity index (χ3n) is 4.77. The van der Waals surface area contributed by atoms with Crippen LogP contribution < -0.4 is 15.8 Å². The molecule has 3 heterocycles. The first kappa shape index (κ1) is 21.4. The molecule has 0 saturated carbocycles. The zero-order valence-corrected chi connectivity index (χ0v) is 17.7. The number of nitrogens with zero attached hydrogens (tertiary/aromatic N) is 2. The molecule has 0 atom stereocenters. The Kier molecular flexibility index (Phi) is 5.57. The summed E-state index contributed by atoms with van der Waals surface area (Å²) in [5, 5.41) is 9.85. The van der Waals surface area contributed by atoms with Gasteiger partial charge in [0.2, 0.25) is 0 Å². The zero-order valence-electron chi connectivity index (χ0n) is 16.9. The quantitative estimate of drug-likeness (QED) is 0.399. The molecule has 0 radical (unpaired) electrons. The second-order valence-corrected chi connectivity index (χ2v) is 7.86. The van der Waals surface area contributed by atoms with E-state index >= 15 is 0 Å². The van der Waals surface area contributed by atoms with Gasteiger partial charge in [-0.3, -0.25) is 14.7 Å². The number of primary amides is 1. The smallest absolute Gasteiger partial charge is 0.280 e. The number of ether oxygens (including phenoxy) is 1. The number of hydrogen-bond acceptors (Lipinski definition) is 6. The van der Waals surface area contributed by atoms with Crippen molar-refractivity contribution in [3.8, 4) is 17.0 Å². The summed E-state index contributed by atoms with van der Waals surface area (Å²) in [6, 6.07) is 9.90. The van der Waals surface area contributed by atoms with Crippen molar-refractivity contribution in [3.05, 3.63) is 58.2 Å². The fourth-order valence-corrected chi connectivity index (χ4v) is 4.31. The topological polar surface area (TPSA) is 123 Å². The number of benzene rings is 1. The van der Waals surface area contributed by atoms with Gasteiger partial charge in [0.25, 0.3) is 18.2 Å². The molecule has 0 aliphatic rings. The summed E-state index contributed by atoms with van der Waals surface area (Å²) in [5.74, 6) is -0.689. The van der Waals surface area contributed by atoms with E-state index in [2.05, 4.69) is 20.5 Å². The molecule has 0 spiro atoms. The molecule has 32 heavy (non-hydrogen) atoms. The number of aromatic nitrogens is 3. The van der Waals surface area contributed by atoms with Crippen LogP contribution in [-0.2, 0) is 0 Å². The number of fused-ring (bicyclic) bond motifs is 1. The minimum absolute atomic E-state index is 0.0188. The third kappa shape index (κ3) is 3.89. The van der Waals surface area contributed by atoms with E-state index in [1.807, 2.05) is 0 Å². The lowest BCUT2D eigenvalue weighted by atomic mass is 10.1. The zero-order chi connectivity index (χ0) is 23.0. The van der Waals surface area contributed by atoms with Crippen molar-refractivity contribution in [1.29, 1.82) is 0 Å². The number of methoxy groups -OCH3 is 1. The van der Waals surface area contributed by atoms with E-state index in [4.69, 9.17) is 10.5 Å². The Bertz CT molecular complexity index is 1330. The molecule has 4 rings (SSSR count). The number of nitrogens with two attached hydrogens (primary N) is 1. The maximum Gasteiger partial charge on any atom is 0.280 e.